The van der Waals surface area contributed by atoms with Gasteiger partial charge in [0.15, 0.2) is 0 Å². The van der Waals surface area contributed by atoms with Crippen LogP contribution in [0, 0.1) is 10.1 Å². The van der Waals surface area contributed by atoms with Crippen molar-refractivity contribution in [3.05, 3.63) is 58.1 Å². The number of rotatable bonds is 6. The molecule has 0 unspecified atom stereocenters. The topological polar surface area (TPSA) is 73.6 Å². The van der Waals surface area contributed by atoms with E-state index in [4.69, 9.17) is 9.47 Å². The van der Waals surface area contributed by atoms with Crippen molar-refractivity contribution in [3.8, 4) is 11.5 Å². The summed E-state index contributed by atoms with van der Waals surface area (Å²) in [6.45, 7) is 0.319. The molecule has 0 amide bonds. The summed E-state index contributed by atoms with van der Waals surface area (Å²) in [7, 11) is 3.24. The quantitative estimate of drug-likeness (QED) is 0.652. The van der Waals surface area contributed by atoms with Crippen LogP contribution >= 0.6 is 0 Å². The lowest BCUT2D eigenvalue weighted by Gasteiger charge is -2.09. The van der Waals surface area contributed by atoms with Crippen LogP contribution in [0.1, 0.15) is 5.56 Å². The van der Waals surface area contributed by atoms with Crippen LogP contribution in [-0.2, 0) is 6.61 Å². The van der Waals surface area contributed by atoms with E-state index in [1.807, 2.05) is 18.2 Å². The SMILES string of the molecule is CNc1cc(COc2cccc(OC)c2)ccc1[N+](=O)[O-]. The molecule has 0 aromatic heterocycles. The largest absolute Gasteiger partial charge is 0.497 e. The summed E-state index contributed by atoms with van der Waals surface area (Å²) < 4.78 is 10.8. The van der Waals surface area contributed by atoms with Crippen molar-refractivity contribution in [2.45, 2.75) is 6.61 Å². The van der Waals surface area contributed by atoms with Gasteiger partial charge in [0.1, 0.15) is 23.8 Å². The summed E-state index contributed by atoms with van der Waals surface area (Å²) in [4.78, 5) is 10.4. The van der Waals surface area contributed by atoms with Gasteiger partial charge in [0.05, 0.1) is 12.0 Å². The van der Waals surface area contributed by atoms with Gasteiger partial charge in [-0.15, -0.1) is 0 Å². The van der Waals surface area contributed by atoms with Crippen LogP contribution < -0.4 is 14.8 Å². The highest BCUT2D eigenvalue weighted by Crippen LogP contribution is 2.26. The molecule has 0 saturated carbocycles. The molecular weight excluding hydrogens is 272 g/mol. The first kappa shape index (κ1) is 14.6. The molecule has 0 bridgehead atoms. The fourth-order valence-corrected chi connectivity index (χ4v) is 1.89. The molecule has 0 radical (unpaired) electrons. The monoisotopic (exact) mass is 288 g/mol. The van der Waals surface area contributed by atoms with Crippen molar-refractivity contribution in [2.75, 3.05) is 19.5 Å². The van der Waals surface area contributed by atoms with E-state index in [9.17, 15) is 10.1 Å². The summed E-state index contributed by atoms with van der Waals surface area (Å²) in [5, 5.41) is 13.7. The van der Waals surface area contributed by atoms with Crippen molar-refractivity contribution in [1.82, 2.24) is 0 Å². The molecule has 1 N–H and O–H groups in total. The zero-order valence-corrected chi connectivity index (χ0v) is 11.8. The maximum absolute atomic E-state index is 10.9. The Morgan fingerprint density at radius 3 is 2.62 bits per heavy atom. The number of nitrogens with one attached hydrogen (secondary N) is 1. The van der Waals surface area contributed by atoms with E-state index in [1.54, 1.807) is 32.4 Å². The summed E-state index contributed by atoms with van der Waals surface area (Å²) >= 11 is 0. The van der Waals surface area contributed by atoms with Crippen LogP contribution in [0.25, 0.3) is 0 Å². The molecule has 0 fully saturated rings. The Bertz CT molecular complexity index is 643. The number of ether oxygens (including phenoxy) is 2. The number of benzene rings is 2. The molecule has 6 heteroatoms. The van der Waals surface area contributed by atoms with Crippen LogP contribution in [0.5, 0.6) is 11.5 Å². The van der Waals surface area contributed by atoms with Crippen LogP contribution in [0.15, 0.2) is 42.5 Å². The Balaban J connectivity index is 2.11. The lowest BCUT2D eigenvalue weighted by atomic mass is 10.2. The number of hydrogen-bond donors (Lipinski definition) is 1. The third-order valence-corrected chi connectivity index (χ3v) is 2.97. The number of methoxy groups -OCH3 is 1. The van der Waals surface area contributed by atoms with E-state index in [0.717, 1.165) is 5.56 Å². The molecule has 0 aliphatic carbocycles. The number of nitrogens with zero attached hydrogens (tertiary/aromatic N) is 1. The van der Waals surface area contributed by atoms with Gasteiger partial charge in [0.25, 0.3) is 5.69 Å². The molecular formula is C15H16N2O4. The Morgan fingerprint density at radius 2 is 1.95 bits per heavy atom. The van der Waals surface area contributed by atoms with E-state index < -0.39 is 4.92 Å². The highest BCUT2D eigenvalue weighted by atomic mass is 16.6. The Labute approximate surface area is 122 Å². The van der Waals surface area contributed by atoms with E-state index in [0.29, 0.717) is 23.8 Å². The predicted octanol–water partition coefficient (Wildman–Crippen LogP) is 3.22. The molecule has 0 saturated heterocycles. The lowest BCUT2D eigenvalue weighted by Crippen LogP contribution is -2.00. The standard InChI is InChI=1S/C15H16N2O4/c1-16-14-8-11(6-7-15(14)17(18)19)10-21-13-5-3-4-12(9-13)20-2/h3-9,16H,10H2,1-2H3. The van der Waals surface area contributed by atoms with E-state index in [-0.39, 0.29) is 5.69 Å². The van der Waals surface area contributed by atoms with Gasteiger partial charge in [-0.3, -0.25) is 10.1 Å². The second-order valence-electron chi connectivity index (χ2n) is 4.33. The third kappa shape index (κ3) is 3.62. The molecule has 0 aliphatic rings. The molecule has 110 valence electrons. The Hall–Kier alpha value is -2.76. The average molecular weight is 288 g/mol. The molecule has 0 aliphatic heterocycles. The highest BCUT2D eigenvalue weighted by molar-refractivity contribution is 5.62. The van der Waals surface area contributed by atoms with Gasteiger partial charge >= 0.3 is 0 Å². The Morgan fingerprint density at radius 1 is 1.19 bits per heavy atom. The van der Waals surface area contributed by atoms with Gasteiger partial charge in [0, 0.05) is 19.2 Å². The molecule has 2 aromatic rings. The molecule has 2 rings (SSSR count). The normalized spacial score (nSPS) is 10.0. The fourth-order valence-electron chi connectivity index (χ4n) is 1.89. The van der Waals surface area contributed by atoms with Crippen LogP contribution in [-0.4, -0.2) is 19.1 Å². The zero-order chi connectivity index (χ0) is 15.2. The first-order chi connectivity index (χ1) is 10.1. The van der Waals surface area contributed by atoms with E-state index in [2.05, 4.69) is 5.32 Å². The van der Waals surface area contributed by atoms with Crippen LogP contribution in [0.3, 0.4) is 0 Å². The maximum atomic E-state index is 10.9. The minimum atomic E-state index is -0.418. The minimum Gasteiger partial charge on any atom is -0.497 e. The van der Waals surface area contributed by atoms with Crippen LogP contribution in [0.4, 0.5) is 11.4 Å². The maximum Gasteiger partial charge on any atom is 0.292 e. The summed E-state index contributed by atoms with van der Waals surface area (Å²) in [6, 6.07) is 12.1. The molecule has 0 atom stereocenters. The lowest BCUT2D eigenvalue weighted by molar-refractivity contribution is -0.384. The van der Waals surface area contributed by atoms with Crippen molar-refractivity contribution in [1.29, 1.82) is 0 Å². The van der Waals surface area contributed by atoms with Gasteiger partial charge in [-0.05, 0) is 29.8 Å². The van der Waals surface area contributed by atoms with Crippen molar-refractivity contribution >= 4 is 11.4 Å². The van der Waals surface area contributed by atoms with Gasteiger partial charge < -0.3 is 14.8 Å². The smallest absolute Gasteiger partial charge is 0.292 e. The van der Waals surface area contributed by atoms with Crippen molar-refractivity contribution in [2.24, 2.45) is 0 Å². The van der Waals surface area contributed by atoms with Gasteiger partial charge in [-0.25, -0.2) is 0 Å². The predicted molar refractivity (Wildman–Crippen MR) is 80.0 cm³/mol. The van der Waals surface area contributed by atoms with Gasteiger partial charge in [-0.1, -0.05) is 6.07 Å². The first-order valence-electron chi connectivity index (χ1n) is 6.36. The number of hydrogen-bond acceptors (Lipinski definition) is 5. The average Bonchev–Trinajstić information content (AvgIpc) is 2.52. The van der Waals surface area contributed by atoms with Gasteiger partial charge in [0.2, 0.25) is 0 Å². The van der Waals surface area contributed by atoms with Crippen molar-refractivity contribution in [3.63, 3.8) is 0 Å². The summed E-state index contributed by atoms with van der Waals surface area (Å²) in [6.07, 6.45) is 0. The summed E-state index contributed by atoms with van der Waals surface area (Å²) in [5.74, 6) is 1.39. The first-order valence-corrected chi connectivity index (χ1v) is 6.36. The molecule has 2 aromatic carbocycles. The number of anilines is 1. The third-order valence-electron chi connectivity index (χ3n) is 2.97. The second-order valence-corrected chi connectivity index (χ2v) is 4.33. The van der Waals surface area contributed by atoms with Gasteiger partial charge in [-0.2, -0.15) is 0 Å². The second kappa shape index (κ2) is 6.60. The highest BCUT2D eigenvalue weighted by Gasteiger charge is 2.12. The van der Waals surface area contributed by atoms with E-state index >= 15 is 0 Å². The number of nitro groups is 1. The number of nitro benzene ring substituents is 1. The minimum absolute atomic E-state index is 0.0441. The fraction of sp³-hybridized carbons (Fsp3) is 0.200. The molecule has 0 spiro atoms. The molecule has 21 heavy (non-hydrogen) atoms. The Kier molecular flexibility index (Phi) is 4.61. The molecule has 0 heterocycles. The van der Waals surface area contributed by atoms with E-state index in [1.165, 1.54) is 6.07 Å². The zero-order valence-electron chi connectivity index (χ0n) is 11.8. The van der Waals surface area contributed by atoms with Crippen LogP contribution in [0.2, 0.25) is 0 Å². The van der Waals surface area contributed by atoms with Crippen molar-refractivity contribution < 1.29 is 14.4 Å². The molecule has 6 nitrogen and oxygen atoms in total. The summed E-state index contributed by atoms with van der Waals surface area (Å²) in [5.41, 5.74) is 1.35.